The number of amides is 2. The molecular weight excluding hydrogens is 445 g/mol. The van der Waals surface area contributed by atoms with Crippen molar-refractivity contribution in [3.05, 3.63) is 66.0 Å². The van der Waals surface area contributed by atoms with Crippen LogP contribution in [-0.4, -0.2) is 63.2 Å². The quantitative estimate of drug-likeness (QED) is 0.194. The van der Waals surface area contributed by atoms with Gasteiger partial charge in [0, 0.05) is 19.2 Å². The number of nitrogens with zero attached hydrogens (tertiary/aromatic N) is 2. The summed E-state index contributed by atoms with van der Waals surface area (Å²) >= 11 is 0. The van der Waals surface area contributed by atoms with Crippen LogP contribution in [0.1, 0.15) is 21.0 Å². The Kier molecular flexibility index (Phi) is 7.10. The Morgan fingerprint density at radius 1 is 1.09 bits per heavy atom. The predicted molar refractivity (Wildman–Crippen MR) is 122 cm³/mol. The number of halogens is 1. The van der Waals surface area contributed by atoms with E-state index in [1.807, 2.05) is 18.2 Å². The molecule has 0 spiro atoms. The Morgan fingerprint density at radius 2 is 1.94 bits per heavy atom. The van der Waals surface area contributed by atoms with Crippen molar-refractivity contribution in [3.63, 3.8) is 0 Å². The highest BCUT2D eigenvalue weighted by Gasteiger charge is 2.22. The molecule has 0 unspecified atom stereocenters. The van der Waals surface area contributed by atoms with Crippen LogP contribution >= 0.6 is 0 Å². The van der Waals surface area contributed by atoms with Crippen molar-refractivity contribution in [2.24, 2.45) is 0 Å². The lowest BCUT2D eigenvalue weighted by molar-refractivity contribution is 0.0985. The maximum absolute atomic E-state index is 13.7. The number of aliphatic hydroxyl groups is 1. The molecule has 0 saturated carbocycles. The van der Waals surface area contributed by atoms with Crippen molar-refractivity contribution < 1.29 is 23.8 Å². The molecule has 0 aliphatic heterocycles. The summed E-state index contributed by atoms with van der Waals surface area (Å²) in [6.45, 7) is 0.977. The van der Waals surface area contributed by atoms with Gasteiger partial charge >= 0.3 is 0 Å². The van der Waals surface area contributed by atoms with Gasteiger partial charge < -0.3 is 30.4 Å². The second-order valence-electron chi connectivity index (χ2n) is 7.10. The number of benzene rings is 2. The topological polar surface area (TPSA) is 157 Å². The largest absolute Gasteiger partial charge is 0.490 e. The van der Waals surface area contributed by atoms with Crippen molar-refractivity contribution in [3.8, 4) is 5.75 Å². The molecule has 34 heavy (non-hydrogen) atoms. The number of H-pyrrole nitrogens is 2. The van der Waals surface area contributed by atoms with Crippen LogP contribution in [0.25, 0.3) is 11.0 Å². The predicted octanol–water partition coefficient (Wildman–Crippen LogP) is 1.89. The number of nitrogens with one attached hydrogen (secondary N) is 5. The van der Waals surface area contributed by atoms with Crippen LogP contribution in [0.5, 0.6) is 5.75 Å². The fraction of sp³-hybridized carbons (Fsp3) is 0.182. The van der Waals surface area contributed by atoms with E-state index in [1.54, 1.807) is 6.07 Å². The number of anilines is 2. The highest BCUT2D eigenvalue weighted by atomic mass is 19.1. The average Bonchev–Trinajstić information content (AvgIpc) is 3.47. The Bertz CT molecular complexity index is 1270. The fourth-order valence-electron chi connectivity index (χ4n) is 3.16. The number of imidazole rings is 2. The number of aliphatic hydroxyl groups excluding tert-OH is 1. The van der Waals surface area contributed by atoms with Crippen LogP contribution in [0.3, 0.4) is 0 Å². The third-order valence-corrected chi connectivity index (χ3v) is 4.72. The summed E-state index contributed by atoms with van der Waals surface area (Å²) in [6, 6.07) is 10.9. The maximum Gasteiger partial charge on any atom is 0.279 e. The number of aromatic nitrogens is 4. The van der Waals surface area contributed by atoms with Crippen LogP contribution in [0, 0.1) is 5.82 Å². The summed E-state index contributed by atoms with van der Waals surface area (Å²) in [4.78, 5) is 39.5. The van der Waals surface area contributed by atoms with Crippen LogP contribution < -0.4 is 20.7 Å². The summed E-state index contributed by atoms with van der Waals surface area (Å²) < 4.78 is 19.3. The molecular formula is C22H22FN7O4. The number of carbonyl (C=O) groups is 2. The molecule has 0 saturated heterocycles. The number of hydrogen-bond acceptors (Lipinski definition) is 7. The van der Waals surface area contributed by atoms with Crippen LogP contribution in [0.15, 0.2) is 48.8 Å². The molecule has 2 heterocycles. The highest BCUT2D eigenvalue weighted by molar-refractivity contribution is 6.13. The van der Waals surface area contributed by atoms with Gasteiger partial charge in [0.2, 0.25) is 5.95 Å². The van der Waals surface area contributed by atoms with Gasteiger partial charge in [-0.3, -0.25) is 14.9 Å². The smallest absolute Gasteiger partial charge is 0.279 e. The summed E-state index contributed by atoms with van der Waals surface area (Å²) in [7, 11) is 0. The number of rotatable bonds is 10. The first-order valence-electron chi connectivity index (χ1n) is 10.4. The third kappa shape index (κ3) is 5.36. The minimum absolute atomic E-state index is 0.0162. The van der Waals surface area contributed by atoms with Gasteiger partial charge in [0.25, 0.3) is 11.8 Å². The zero-order valence-electron chi connectivity index (χ0n) is 17.9. The normalized spacial score (nSPS) is 10.9. The second kappa shape index (κ2) is 10.6. The van der Waals surface area contributed by atoms with Crippen LogP contribution in [0.4, 0.5) is 16.0 Å². The lowest BCUT2D eigenvalue weighted by Crippen LogP contribution is -2.24. The molecule has 176 valence electrons. The van der Waals surface area contributed by atoms with Gasteiger partial charge in [0.05, 0.1) is 29.7 Å². The third-order valence-electron chi connectivity index (χ3n) is 4.72. The Morgan fingerprint density at radius 3 is 2.76 bits per heavy atom. The van der Waals surface area contributed by atoms with E-state index in [0.717, 1.165) is 11.6 Å². The first-order chi connectivity index (χ1) is 16.5. The van der Waals surface area contributed by atoms with Gasteiger partial charge in [-0.05, 0) is 24.3 Å². The summed E-state index contributed by atoms with van der Waals surface area (Å²) in [6.07, 6.45) is 1.22. The van der Waals surface area contributed by atoms with Crippen molar-refractivity contribution in [1.82, 2.24) is 25.3 Å². The first kappa shape index (κ1) is 22.9. The minimum atomic E-state index is -0.665. The molecule has 0 aliphatic carbocycles. The van der Waals surface area contributed by atoms with E-state index in [0.29, 0.717) is 18.6 Å². The number of ether oxygens (including phenoxy) is 1. The number of fused-ring (bicyclic) bond motifs is 1. The molecule has 0 aliphatic rings. The highest BCUT2D eigenvalue weighted by Crippen LogP contribution is 2.26. The zero-order valence-corrected chi connectivity index (χ0v) is 17.9. The second-order valence-corrected chi connectivity index (χ2v) is 7.10. The molecule has 11 nitrogen and oxygen atoms in total. The summed E-state index contributed by atoms with van der Waals surface area (Å²) in [5, 5.41) is 16.9. The van der Waals surface area contributed by atoms with Gasteiger partial charge in [0.15, 0.2) is 5.69 Å². The fourth-order valence-corrected chi connectivity index (χ4v) is 3.16. The zero-order chi connectivity index (χ0) is 23.9. The van der Waals surface area contributed by atoms with Crippen molar-refractivity contribution >= 4 is 34.5 Å². The van der Waals surface area contributed by atoms with E-state index in [1.165, 1.54) is 18.5 Å². The Labute approximate surface area is 192 Å². The Hall–Kier alpha value is -4.29. The van der Waals surface area contributed by atoms with Gasteiger partial charge in [-0.2, -0.15) is 0 Å². The summed E-state index contributed by atoms with van der Waals surface area (Å²) in [5.74, 6) is -1.52. The van der Waals surface area contributed by atoms with E-state index in [9.17, 15) is 14.0 Å². The van der Waals surface area contributed by atoms with E-state index in [4.69, 9.17) is 9.84 Å². The molecule has 4 rings (SSSR count). The van der Waals surface area contributed by atoms with E-state index in [-0.39, 0.29) is 42.0 Å². The number of carbonyl (C=O) groups excluding carboxylic acids is 2. The molecule has 2 aromatic heterocycles. The average molecular weight is 467 g/mol. The molecule has 0 radical (unpaired) electrons. The molecule has 0 atom stereocenters. The lowest BCUT2D eigenvalue weighted by atomic mass is 10.2. The van der Waals surface area contributed by atoms with Gasteiger partial charge in [-0.15, -0.1) is 0 Å². The lowest BCUT2D eigenvalue weighted by Gasteiger charge is -2.13. The maximum atomic E-state index is 13.7. The van der Waals surface area contributed by atoms with E-state index in [2.05, 4.69) is 35.9 Å². The van der Waals surface area contributed by atoms with Crippen LogP contribution in [-0.2, 0) is 0 Å². The van der Waals surface area contributed by atoms with Crippen molar-refractivity contribution in [2.45, 2.75) is 0 Å². The first-order valence-corrected chi connectivity index (χ1v) is 10.4. The van der Waals surface area contributed by atoms with Gasteiger partial charge in [0.1, 0.15) is 23.9 Å². The molecule has 0 fully saturated rings. The number of aromatic amines is 2. The molecule has 0 bridgehead atoms. The van der Waals surface area contributed by atoms with Crippen molar-refractivity contribution in [2.75, 3.05) is 36.9 Å². The minimum Gasteiger partial charge on any atom is -0.490 e. The molecule has 4 aromatic rings. The molecule has 2 amide bonds. The van der Waals surface area contributed by atoms with Crippen LogP contribution in [0.2, 0.25) is 0 Å². The van der Waals surface area contributed by atoms with Crippen molar-refractivity contribution in [1.29, 1.82) is 0 Å². The Balaban J connectivity index is 1.45. The summed E-state index contributed by atoms with van der Waals surface area (Å²) in [5.41, 5.74) is 1.40. The molecule has 12 heteroatoms. The number of hydrogen-bond donors (Lipinski definition) is 6. The van der Waals surface area contributed by atoms with Gasteiger partial charge in [-0.25, -0.2) is 14.4 Å². The number of para-hydroxylation sites is 2. The van der Waals surface area contributed by atoms with E-state index < -0.39 is 17.6 Å². The van der Waals surface area contributed by atoms with E-state index >= 15 is 0 Å². The standard InChI is InChI=1S/C22H22FN7O4/c23-13-5-6-16(17(11-13)34-10-8-24-7-9-31)27-20(32)18-19(26-12-25-18)21(33)30-22-28-14-3-1-2-4-15(14)29-22/h1-6,11-12,24,31H,7-10H2,(H,25,26)(H,27,32)(H2,28,29,30,33). The molecule has 2 aromatic carbocycles. The monoisotopic (exact) mass is 467 g/mol. The SMILES string of the molecule is O=C(Nc1nc2ccccc2[nH]1)c1nc[nH]c1C(=O)Nc1ccc(F)cc1OCCNCCO. The van der Waals surface area contributed by atoms with Gasteiger partial charge in [-0.1, -0.05) is 12.1 Å². The molecule has 6 N–H and O–H groups in total.